The van der Waals surface area contributed by atoms with E-state index in [2.05, 4.69) is 12.2 Å². The third-order valence-corrected chi connectivity index (χ3v) is 10.7. The van der Waals surface area contributed by atoms with Gasteiger partial charge in [0.1, 0.15) is 18.0 Å². The molecule has 7 heteroatoms. The van der Waals surface area contributed by atoms with Gasteiger partial charge in [-0.05, 0) is 80.3 Å². The van der Waals surface area contributed by atoms with E-state index in [1.54, 1.807) is 0 Å². The topological polar surface area (TPSA) is 99.1 Å². The number of amides is 2. The first-order chi connectivity index (χ1) is 19.9. The second kappa shape index (κ2) is 12.1. The monoisotopic (exact) mass is 564 g/mol. The average Bonchev–Trinajstić information content (AvgIpc) is 3.34. The summed E-state index contributed by atoms with van der Waals surface area (Å²) in [4.78, 5) is 29.6. The number of hydrogen-bond acceptors (Lipinski definition) is 5. The lowest BCUT2D eigenvalue weighted by Crippen LogP contribution is -2.59. The standard InChI is InChI=1S/C34H48N2O5/c1-2-3-4-5-6-11-29(38)36(21-34-18-22-14-23(19-34)16-24(15-22)20-34)27-17-26(33(40)35-12-13-37)30-25-9-7-8-10-28(25)41-32(30)31(27)39/h7-10,17,22-24,27,30-32,37,39H,2-6,11-16,18-21H2,1H3,(H,35,40)/t22?,23?,24?,27-,30+,31+,32+,34?/m1/s1. The Kier molecular flexibility index (Phi) is 8.46. The SMILES string of the molecule is CCCCCCCC(=O)N(CC12CC3CC(CC(C3)C1)C2)[C@@H]1C=C(C(=O)NCCO)[C@@H]2c3ccccc3O[C@@H]2[C@H]1O. The molecule has 4 fully saturated rings. The number of nitrogens with one attached hydrogen (secondary N) is 1. The maximum absolute atomic E-state index is 14.1. The number of hydrogen-bond donors (Lipinski definition) is 3. The zero-order valence-electron chi connectivity index (χ0n) is 24.6. The zero-order valence-corrected chi connectivity index (χ0v) is 24.6. The fourth-order valence-corrected chi connectivity index (χ4v) is 9.42. The van der Waals surface area contributed by atoms with E-state index in [4.69, 9.17) is 4.74 Å². The molecule has 2 amide bonds. The molecule has 1 aromatic rings. The molecule has 6 aliphatic rings. The van der Waals surface area contributed by atoms with Crippen LogP contribution in [-0.4, -0.2) is 64.9 Å². The molecule has 4 atom stereocenters. The van der Waals surface area contributed by atoms with Crippen molar-refractivity contribution in [2.24, 2.45) is 23.2 Å². The van der Waals surface area contributed by atoms with Crippen molar-refractivity contribution in [3.8, 4) is 5.75 Å². The quantitative estimate of drug-likeness (QED) is 0.319. The van der Waals surface area contributed by atoms with Crippen molar-refractivity contribution in [2.45, 2.75) is 108 Å². The second-order valence-electron chi connectivity index (χ2n) is 13.8. The van der Waals surface area contributed by atoms with E-state index in [0.717, 1.165) is 49.0 Å². The highest BCUT2D eigenvalue weighted by Gasteiger charge is 2.55. The summed E-state index contributed by atoms with van der Waals surface area (Å²) in [6, 6.07) is 7.03. The smallest absolute Gasteiger partial charge is 0.247 e. The van der Waals surface area contributed by atoms with Crippen LogP contribution in [0.5, 0.6) is 5.75 Å². The first-order valence-electron chi connectivity index (χ1n) is 16.2. The number of unbranched alkanes of at least 4 members (excludes halogenated alkanes) is 4. The molecular formula is C34H48N2O5. The van der Waals surface area contributed by atoms with Crippen LogP contribution in [0.1, 0.15) is 95.5 Å². The minimum atomic E-state index is -0.945. The summed E-state index contributed by atoms with van der Waals surface area (Å²) >= 11 is 0. The third kappa shape index (κ3) is 5.69. The van der Waals surface area contributed by atoms with E-state index < -0.39 is 24.2 Å². The van der Waals surface area contributed by atoms with Crippen LogP contribution in [0.2, 0.25) is 0 Å². The van der Waals surface area contributed by atoms with Crippen LogP contribution >= 0.6 is 0 Å². The van der Waals surface area contributed by atoms with Crippen LogP contribution in [0.4, 0.5) is 0 Å². The van der Waals surface area contributed by atoms with Gasteiger partial charge in [0.2, 0.25) is 11.8 Å². The fourth-order valence-electron chi connectivity index (χ4n) is 9.42. The normalized spacial score (nSPS) is 34.4. The lowest BCUT2D eigenvalue weighted by atomic mass is 9.49. The summed E-state index contributed by atoms with van der Waals surface area (Å²) in [7, 11) is 0. The number of aliphatic hydroxyl groups excluding tert-OH is 2. The Morgan fingerprint density at radius 2 is 1.71 bits per heavy atom. The van der Waals surface area contributed by atoms with Crippen molar-refractivity contribution < 1.29 is 24.5 Å². The van der Waals surface area contributed by atoms with Gasteiger partial charge in [0.15, 0.2) is 0 Å². The average molecular weight is 565 g/mol. The number of carbonyl (C=O) groups excluding carboxylic acids is 2. The summed E-state index contributed by atoms with van der Waals surface area (Å²) in [6.45, 7) is 2.84. The molecule has 1 aliphatic heterocycles. The maximum Gasteiger partial charge on any atom is 0.247 e. The lowest BCUT2D eigenvalue weighted by Gasteiger charge is -2.58. The van der Waals surface area contributed by atoms with E-state index in [-0.39, 0.29) is 30.4 Å². The molecule has 1 heterocycles. The van der Waals surface area contributed by atoms with Gasteiger partial charge in [-0.3, -0.25) is 9.59 Å². The molecule has 4 bridgehead atoms. The molecule has 1 aromatic carbocycles. The lowest BCUT2D eigenvalue weighted by molar-refractivity contribution is -0.145. The van der Waals surface area contributed by atoms with Crippen LogP contribution in [0, 0.1) is 23.2 Å². The molecule has 0 saturated heterocycles. The first-order valence-corrected chi connectivity index (χ1v) is 16.2. The predicted molar refractivity (Wildman–Crippen MR) is 157 cm³/mol. The van der Waals surface area contributed by atoms with Crippen LogP contribution in [0.15, 0.2) is 35.9 Å². The number of rotatable bonds is 12. The fraction of sp³-hybridized carbons (Fsp3) is 0.706. The summed E-state index contributed by atoms with van der Waals surface area (Å²) in [5.41, 5.74) is 1.51. The highest BCUT2D eigenvalue weighted by molar-refractivity contribution is 5.96. The van der Waals surface area contributed by atoms with Gasteiger partial charge in [0, 0.05) is 30.6 Å². The number of aliphatic hydroxyl groups is 2. The molecule has 224 valence electrons. The van der Waals surface area contributed by atoms with E-state index in [9.17, 15) is 19.8 Å². The van der Waals surface area contributed by atoms with Gasteiger partial charge >= 0.3 is 0 Å². The predicted octanol–water partition coefficient (Wildman–Crippen LogP) is 4.71. The van der Waals surface area contributed by atoms with Gasteiger partial charge in [0.25, 0.3) is 0 Å². The molecule has 0 unspecified atom stereocenters. The summed E-state index contributed by atoms with van der Waals surface area (Å²) in [6.07, 6.45) is 13.6. The van der Waals surface area contributed by atoms with E-state index in [0.29, 0.717) is 24.3 Å². The van der Waals surface area contributed by atoms with Gasteiger partial charge in [0.05, 0.1) is 18.6 Å². The molecule has 7 rings (SSSR count). The molecule has 4 saturated carbocycles. The van der Waals surface area contributed by atoms with Crippen LogP contribution in [-0.2, 0) is 9.59 Å². The van der Waals surface area contributed by atoms with Crippen molar-refractivity contribution in [3.05, 3.63) is 41.5 Å². The van der Waals surface area contributed by atoms with Crippen LogP contribution < -0.4 is 10.1 Å². The Hall–Kier alpha value is -2.38. The largest absolute Gasteiger partial charge is 0.486 e. The molecule has 41 heavy (non-hydrogen) atoms. The third-order valence-electron chi connectivity index (χ3n) is 10.7. The van der Waals surface area contributed by atoms with Crippen molar-refractivity contribution in [2.75, 3.05) is 19.7 Å². The Bertz CT molecular complexity index is 1110. The van der Waals surface area contributed by atoms with Gasteiger partial charge in [-0.25, -0.2) is 0 Å². The van der Waals surface area contributed by atoms with Gasteiger partial charge < -0.3 is 25.2 Å². The molecule has 3 N–H and O–H groups in total. The number of carbonyl (C=O) groups is 2. The molecule has 0 radical (unpaired) electrons. The van der Waals surface area contributed by atoms with Gasteiger partial charge in [-0.1, -0.05) is 50.8 Å². The Morgan fingerprint density at radius 3 is 2.39 bits per heavy atom. The Labute approximate surface area is 244 Å². The molecule has 0 spiro atoms. The maximum atomic E-state index is 14.1. The molecule has 5 aliphatic carbocycles. The number of benzene rings is 1. The molecular weight excluding hydrogens is 516 g/mol. The summed E-state index contributed by atoms with van der Waals surface area (Å²) < 4.78 is 6.33. The van der Waals surface area contributed by atoms with Crippen molar-refractivity contribution in [3.63, 3.8) is 0 Å². The molecule has 0 aromatic heterocycles. The van der Waals surface area contributed by atoms with E-state index in [1.807, 2.05) is 35.2 Å². The van der Waals surface area contributed by atoms with Crippen molar-refractivity contribution >= 4 is 11.8 Å². The summed E-state index contributed by atoms with van der Waals surface area (Å²) in [5, 5.41) is 24.1. The minimum Gasteiger partial charge on any atom is -0.486 e. The number of fused-ring (bicyclic) bond motifs is 3. The van der Waals surface area contributed by atoms with Crippen molar-refractivity contribution in [1.82, 2.24) is 10.2 Å². The first kappa shape index (κ1) is 28.7. The number of nitrogens with zero attached hydrogens (tertiary/aromatic N) is 1. The number of para-hydroxylation sites is 1. The second-order valence-corrected chi connectivity index (χ2v) is 13.8. The van der Waals surface area contributed by atoms with Gasteiger partial charge in [-0.15, -0.1) is 0 Å². The van der Waals surface area contributed by atoms with Gasteiger partial charge in [-0.2, -0.15) is 0 Å². The Balaban J connectivity index is 1.32. The van der Waals surface area contributed by atoms with Crippen LogP contribution in [0.3, 0.4) is 0 Å². The molecule has 7 nitrogen and oxygen atoms in total. The van der Waals surface area contributed by atoms with Crippen LogP contribution in [0.25, 0.3) is 0 Å². The highest BCUT2D eigenvalue weighted by Crippen LogP contribution is 2.60. The highest BCUT2D eigenvalue weighted by atomic mass is 16.5. The van der Waals surface area contributed by atoms with E-state index in [1.165, 1.54) is 44.9 Å². The van der Waals surface area contributed by atoms with E-state index >= 15 is 0 Å². The minimum absolute atomic E-state index is 0.0848. The number of ether oxygens (including phenoxy) is 1. The Morgan fingerprint density at radius 1 is 1.02 bits per heavy atom. The van der Waals surface area contributed by atoms with Crippen molar-refractivity contribution in [1.29, 1.82) is 0 Å². The zero-order chi connectivity index (χ0) is 28.6. The summed E-state index contributed by atoms with van der Waals surface area (Å²) in [5.74, 6) is 2.36.